The van der Waals surface area contributed by atoms with E-state index in [2.05, 4.69) is 10.3 Å². The van der Waals surface area contributed by atoms with Gasteiger partial charge in [0.2, 0.25) is 0 Å². The number of carbonyl (C=O) groups is 1. The Morgan fingerprint density at radius 1 is 1.27 bits per heavy atom. The van der Waals surface area contributed by atoms with Crippen molar-refractivity contribution in [2.45, 2.75) is 46.6 Å². The number of aliphatic carboxylic acids is 1. The molecule has 2 rings (SSSR count). The smallest absolute Gasteiger partial charge is 0.312 e. The highest BCUT2D eigenvalue weighted by Crippen LogP contribution is 2.38. The number of rotatable bonds is 13. The maximum absolute atomic E-state index is 11.9. The van der Waals surface area contributed by atoms with Crippen molar-refractivity contribution in [3.05, 3.63) is 46.8 Å². The molecule has 1 aromatic heterocycles. The molecule has 9 heteroatoms. The number of aryl methyl sites for hydroxylation is 1. The van der Waals surface area contributed by atoms with Crippen LogP contribution in [0.2, 0.25) is 0 Å². The molecule has 0 bridgehead atoms. The van der Waals surface area contributed by atoms with Gasteiger partial charge in [-0.3, -0.25) is 4.79 Å². The summed E-state index contributed by atoms with van der Waals surface area (Å²) in [4.78, 5) is 11.9. The van der Waals surface area contributed by atoms with Crippen molar-refractivity contribution in [1.29, 1.82) is 0 Å². The van der Waals surface area contributed by atoms with Gasteiger partial charge in [-0.2, -0.15) is 0 Å². The van der Waals surface area contributed by atoms with E-state index in [0.717, 1.165) is 11.1 Å². The molecule has 0 aliphatic carbocycles. The molecule has 0 spiro atoms. The summed E-state index contributed by atoms with van der Waals surface area (Å²) in [6.07, 6.45) is 1.02. The largest absolute Gasteiger partial charge is 0.481 e. The first-order valence-electron chi connectivity index (χ1n) is 9.80. The lowest BCUT2D eigenvalue weighted by Gasteiger charge is -2.31. The Balaban J connectivity index is 2.08. The van der Waals surface area contributed by atoms with Gasteiger partial charge in [0.15, 0.2) is 0 Å². The third-order valence-corrected chi connectivity index (χ3v) is 4.93. The third-order valence-electron chi connectivity index (χ3n) is 4.93. The molecule has 0 aliphatic rings. The second-order valence-corrected chi connectivity index (χ2v) is 7.64. The molecular weight excluding hydrogens is 390 g/mol. The lowest BCUT2D eigenvalue weighted by Crippen LogP contribution is -2.33. The summed E-state index contributed by atoms with van der Waals surface area (Å²) in [5.74, 6) is -0.976. The van der Waals surface area contributed by atoms with Crippen molar-refractivity contribution < 1.29 is 29.2 Å². The molecule has 2 aromatic rings. The number of benzene rings is 1. The normalized spacial score (nSPS) is 12.8. The maximum Gasteiger partial charge on any atom is 0.312 e. The number of aliphatic hydroxyl groups excluding tert-OH is 1. The zero-order valence-electron chi connectivity index (χ0n) is 18.0. The van der Waals surface area contributed by atoms with Gasteiger partial charge in [0.25, 0.3) is 0 Å². The van der Waals surface area contributed by atoms with Crippen molar-refractivity contribution in [1.82, 2.24) is 15.0 Å². The molecule has 0 saturated heterocycles. The monoisotopic (exact) mass is 421 g/mol. The molecule has 0 unspecified atom stereocenters. The van der Waals surface area contributed by atoms with E-state index in [-0.39, 0.29) is 13.2 Å². The summed E-state index contributed by atoms with van der Waals surface area (Å²) in [5.41, 5.74) is 1.77. The Bertz CT molecular complexity index is 821. The third kappa shape index (κ3) is 6.33. The highest BCUT2D eigenvalue weighted by Gasteiger charge is 2.39. The Kier molecular flexibility index (Phi) is 8.91. The molecule has 0 saturated carbocycles. The highest BCUT2D eigenvalue weighted by molar-refractivity contribution is 5.74. The molecule has 0 amide bonds. The van der Waals surface area contributed by atoms with Crippen molar-refractivity contribution >= 4 is 5.97 Å². The standard InChI is InChI=1S/C21H31N3O6/c1-15-5-6-16(11-17(15)13-25)19(21(2,3)20(26)27)30-14-18-12-24(23-22-18)7-8-29-10-9-28-4/h5-6,11-12,19,25H,7-10,13-14H2,1-4H3,(H,26,27)/t19-/m1/s1. The van der Waals surface area contributed by atoms with Crippen LogP contribution in [0.1, 0.15) is 42.3 Å². The molecule has 0 aliphatic heterocycles. The summed E-state index contributed by atoms with van der Waals surface area (Å²) in [6.45, 7) is 7.18. The lowest BCUT2D eigenvalue weighted by molar-refractivity contribution is -0.158. The highest BCUT2D eigenvalue weighted by atomic mass is 16.5. The van der Waals surface area contributed by atoms with Crippen molar-refractivity contribution in [2.75, 3.05) is 26.9 Å². The van der Waals surface area contributed by atoms with Crippen LogP contribution in [0.25, 0.3) is 0 Å². The van der Waals surface area contributed by atoms with Crippen LogP contribution in [-0.4, -0.2) is 58.1 Å². The summed E-state index contributed by atoms with van der Waals surface area (Å²) in [5, 5.41) is 27.4. The SMILES string of the molecule is COCCOCCn1cc(CO[C@H](c2ccc(C)c(CO)c2)C(C)(C)C(=O)O)nn1. The quantitative estimate of drug-likeness (QED) is 0.473. The first-order valence-corrected chi connectivity index (χ1v) is 9.80. The van der Waals surface area contributed by atoms with Gasteiger partial charge in [-0.15, -0.1) is 5.10 Å². The molecule has 1 aromatic carbocycles. The van der Waals surface area contributed by atoms with Crippen LogP contribution in [0, 0.1) is 12.3 Å². The Labute approximate surface area is 176 Å². The molecule has 0 radical (unpaired) electrons. The van der Waals surface area contributed by atoms with Gasteiger partial charge in [-0.05, 0) is 37.5 Å². The van der Waals surface area contributed by atoms with Crippen LogP contribution in [-0.2, 0) is 38.8 Å². The molecular formula is C21H31N3O6. The number of ether oxygens (including phenoxy) is 3. The first-order chi connectivity index (χ1) is 14.3. The summed E-state index contributed by atoms with van der Waals surface area (Å²) < 4.78 is 18.0. The van der Waals surface area contributed by atoms with E-state index >= 15 is 0 Å². The first kappa shape index (κ1) is 23.9. The van der Waals surface area contributed by atoms with Crippen molar-refractivity contribution in [3.63, 3.8) is 0 Å². The Morgan fingerprint density at radius 2 is 2.03 bits per heavy atom. The van der Waals surface area contributed by atoms with Crippen LogP contribution in [0.4, 0.5) is 0 Å². The number of carboxylic acid groups (broad SMARTS) is 1. The van der Waals surface area contributed by atoms with Gasteiger partial charge >= 0.3 is 5.97 Å². The fourth-order valence-electron chi connectivity index (χ4n) is 2.94. The zero-order valence-corrected chi connectivity index (χ0v) is 18.0. The Hall–Kier alpha value is -2.33. The molecule has 0 fully saturated rings. The van der Waals surface area contributed by atoms with Crippen molar-refractivity contribution in [2.24, 2.45) is 5.41 Å². The van der Waals surface area contributed by atoms with E-state index in [1.165, 1.54) is 0 Å². The Morgan fingerprint density at radius 3 is 2.70 bits per heavy atom. The van der Waals surface area contributed by atoms with Crippen LogP contribution >= 0.6 is 0 Å². The summed E-state index contributed by atoms with van der Waals surface area (Å²) in [6, 6.07) is 5.48. The number of carboxylic acids is 1. The van der Waals surface area contributed by atoms with Crippen LogP contribution in [0.3, 0.4) is 0 Å². The van der Waals surface area contributed by atoms with E-state index in [4.69, 9.17) is 14.2 Å². The average Bonchev–Trinajstić information content (AvgIpc) is 3.16. The van der Waals surface area contributed by atoms with Gasteiger partial charge in [0.1, 0.15) is 5.69 Å². The van der Waals surface area contributed by atoms with E-state index in [1.54, 1.807) is 37.9 Å². The fourth-order valence-corrected chi connectivity index (χ4v) is 2.94. The lowest BCUT2D eigenvalue weighted by atomic mass is 9.82. The molecule has 1 atom stereocenters. The minimum absolute atomic E-state index is 0.105. The van der Waals surface area contributed by atoms with E-state index < -0.39 is 17.5 Å². The van der Waals surface area contributed by atoms with E-state index in [1.807, 2.05) is 19.1 Å². The molecule has 30 heavy (non-hydrogen) atoms. The fraction of sp³-hybridized carbons (Fsp3) is 0.571. The number of hydrogen-bond acceptors (Lipinski definition) is 7. The van der Waals surface area contributed by atoms with Gasteiger partial charge in [-0.25, -0.2) is 4.68 Å². The maximum atomic E-state index is 11.9. The minimum Gasteiger partial charge on any atom is -0.481 e. The predicted molar refractivity (Wildman–Crippen MR) is 109 cm³/mol. The average molecular weight is 421 g/mol. The number of aliphatic hydroxyl groups is 1. The van der Waals surface area contributed by atoms with Crippen LogP contribution in [0.15, 0.2) is 24.4 Å². The topological polar surface area (TPSA) is 116 Å². The predicted octanol–water partition coefficient (Wildman–Crippen LogP) is 2.11. The summed E-state index contributed by atoms with van der Waals surface area (Å²) in [7, 11) is 1.62. The van der Waals surface area contributed by atoms with E-state index in [0.29, 0.717) is 37.6 Å². The summed E-state index contributed by atoms with van der Waals surface area (Å²) >= 11 is 0. The van der Waals surface area contributed by atoms with Crippen LogP contribution < -0.4 is 0 Å². The molecule has 2 N–H and O–H groups in total. The van der Waals surface area contributed by atoms with Gasteiger partial charge in [-0.1, -0.05) is 23.4 Å². The molecule has 1 heterocycles. The zero-order chi connectivity index (χ0) is 22.1. The van der Waals surface area contributed by atoms with Crippen LogP contribution in [0.5, 0.6) is 0 Å². The van der Waals surface area contributed by atoms with Gasteiger partial charge in [0, 0.05) is 7.11 Å². The second-order valence-electron chi connectivity index (χ2n) is 7.64. The van der Waals surface area contributed by atoms with Gasteiger partial charge < -0.3 is 24.4 Å². The second kappa shape index (κ2) is 11.2. The number of methoxy groups -OCH3 is 1. The number of aromatic nitrogens is 3. The van der Waals surface area contributed by atoms with Gasteiger partial charge in [0.05, 0.1) is 57.3 Å². The minimum atomic E-state index is -1.19. The number of hydrogen-bond donors (Lipinski definition) is 2. The number of nitrogens with zero attached hydrogens (tertiary/aromatic N) is 3. The van der Waals surface area contributed by atoms with Crippen molar-refractivity contribution in [3.8, 4) is 0 Å². The van der Waals surface area contributed by atoms with E-state index in [9.17, 15) is 15.0 Å². The molecule has 166 valence electrons. The molecule has 9 nitrogen and oxygen atoms in total.